The summed E-state index contributed by atoms with van der Waals surface area (Å²) in [5, 5.41) is 21.2. The first-order valence-corrected chi connectivity index (χ1v) is 11.2. The van der Waals surface area contributed by atoms with E-state index >= 15 is 0 Å². The molecule has 0 atom stereocenters. The molecule has 31 heavy (non-hydrogen) atoms. The number of fused-ring (bicyclic) bond motifs is 1. The number of nitrogens with one attached hydrogen (secondary N) is 1. The molecule has 1 fully saturated rings. The lowest BCUT2D eigenvalue weighted by Gasteiger charge is -2.11. The number of primary sulfonamides is 1. The van der Waals surface area contributed by atoms with Crippen LogP contribution in [0, 0.1) is 11.3 Å². The zero-order valence-corrected chi connectivity index (χ0v) is 17.5. The van der Waals surface area contributed by atoms with Crippen molar-refractivity contribution in [3.05, 3.63) is 47.8 Å². The zero-order chi connectivity index (χ0) is 22.2. The van der Waals surface area contributed by atoms with E-state index in [2.05, 4.69) is 21.5 Å². The molecule has 1 saturated carbocycles. The summed E-state index contributed by atoms with van der Waals surface area (Å²) in [7, 11) is -2.14. The number of rotatable bonds is 7. The summed E-state index contributed by atoms with van der Waals surface area (Å²) >= 11 is 0. The van der Waals surface area contributed by atoms with Crippen molar-refractivity contribution in [1.82, 2.24) is 19.9 Å². The van der Waals surface area contributed by atoms with E-state index in [1.54, 1.807) is 22.7 Å². The molecule has 2 aromatic heterocycles. The standard InChI is InChI=1S/C20H20N6O4S/c1-30-16-7-6-15(14-4-2-13(12-21)3-5-14)26-17(16)24-18(25-26)20(8-9-20)19(27)23-10-11-31(22,28)29/h2-7H,8-11H2,1H3,(H,23,27)(H2,22,28,29). The molecule has 1 aromatic carbocycles. The first kappa shape index (κ1) is 20.8. The summed E-state index contributed by atoms with van der Waals surface area (Å²) in [6.07, 6.45) is 1.11. The third-order valence-electron chi connectivity index (χ3n) is 5.26. The highest BCUT2D eigenvalue weighted by molar-refractivity contribution is 7.89. The highest BCUT2D eigenvalue weighted by Crippen LogP contribution is 2.47. The molecule has 0 bridgehead atoms. The Balaban J connectivity index is 1.71. The summed E-state index contributed by atoms with van der Waals surface area (Å²) in [5.74, 6) is 0.178. The summed E-state index contributed by atoms with van der Waals surface area (Å²) < 4.78 is 29.3. The second-order valence-electron chi connectivity index (χ2n) is 7.35. The van der Waals surface area contributed by atoms with Gasteiger partial charge >= 0.3 is 0 Å². The number of carbonyl (C=O) groups excluding carboxylic acids is 1. The van der Waals surface area contributed by atoms with Gasteiger partial charge in [-0.25, -0.2) is 23.1 Å². The number of nitrogens with two attached hydrogens (primary N) is 1. The molecule has 160 valence electrons. The summed E-state index contributed by atoms with van der Waals surface area (Å²) in [5.41, 5.74) is 1.65. The second-order valence-corrected chi connectivity index (χ2v) is 9.09. The third-order valence-corrected chi connectivity index (χ3v) is 6.04. The first-order chi connectivity index (χ1) is 14.8. The van der Waals surface area contributed by atoms with Gasteiger partial charge in [-0.05, 0) is 37.1 Å². The normalized spacial score (nSPS) is 14.7. The molecule has 1 aliphatic carbocycles. The first-order valence-electron chi connectivity index (χ1n) is 9.51. The lowest BCUT2D eigenvalue weighted by Crippen LogP contribution is -2.38. The average molecular weight is 440 g/mol. The van der Waals surface area contributed by atoms with Gasteiger partial charge in [0.1, 0.15) is 5.41 Å². The van der Waals surface area contributed by atoms with Crippen LogP contribution in [0.3, 0.4) is 0 Å². The van der Waals surface area contributed by atoms with Gasteiger partial charge < -0.3 is 10.1 Å². The van der Waals surface area contributed by atoms with E-state index in [9.17, 15) is 13.2 Å². The van der Waals surface area contributed by atoms with Crippen LogP contribution in [0.1, 0.15) is 24.2 Å². The number of carbonyl (C=O) groups is 1. The van der Waals surface area contributed by atoms with E-state index in [0.717, 1.165) is 11.3 Å². The van der Waals surface area contributed by atoms with Crippen LogP contribution < -0.4 is 15.2 Å². The molecule has 1 aliphatic rings. The van der Waals surface area contributed by atoms with Crippen LogP contribution in [0.5, 0.6) is 5.75 Å². The van der Waals surface area contributed by atoms with Crippen LogP contribution in [0.15, 0.2) is 36.4 Å². The van der Waals surface area contributed by atoms with Gasteiger partial charge in [0.25, 0.3) is 0 Å². The van der Waals surface area contributed by atoms with Gasteiger partial charge in [-0.2, -0.15) is 5.26 Å². The number of hydrogen-bond acceptors (Lipinski definition) is 7. The predicted molar refractivity (Wildman–Crippen MR) is 112 cm³/mol. The van der Waals surface area contributed by atoms with Crippen LogP contribution in [-0.2, 0) is 20.2 Å². The van der Waals surface area contributed by atoms with Gasteiger partial charge in [0, 0.05) is 12.1 Å². The Morgan fingerprint density at radius 3 is 2.58 bits per heavy atom. The number of hydrogen-bond donors (Lipinski definition) is 2. The number of ether oxygens (including phenoxy) is 1. The van der Waals surface area contributed by atoms with Crippen LogP contribution in [0.4, 0.5) is 0 Å². The van der Waals surface area contributed by atoms with Crippen molar-refractivity contribution >= 4 is 21.6 Å². The van der Waals surface area contributed by atoms with Crippen molar-refractivity contribution in [1.29, 1.82) is 5.26 Å². The molecule has 3 N–H and O–H groups in total. The molecule has 4 rings (SSSR count). The van der Waals surface area contributed by atoms with Crippen LogP contribution in [0.25, 0.3) is 16.9 Å². The van der Waals surface area contributed by atoms with Gasteiger partial charge in [0.2, 0.25) is 15.9 Å². The Labute approximate surface area is 178 Å². The molecule has 0 spiro atoms. The fourth-order valence-electron chi connectivity index (χ4n) is 3.39. The van der Waals surface area contributed by atoms with Crippen LogP contribution in [0.2, 0.25) is 0 Å². The monoisotopic (exact) mass is 440 g/mol. The zero-order valence-electron chi connectivity index (χ0n) is 16.7. The van der Waals surface area contributed by atoms with Crippen molar-refractivity contribution in [2.45, 2.75) is 18.3 Å². The molecule has 3 aromatic rings. The summed E-state index contributed by atoms with van der Waals surface area (Å²) in [6, 6.07) is 12.7. The fraction of sp³-hybridized carbons (Fsp3) is 0.300. The van der Waals surface area contributed by atoms with E-state index < -0.39 is 15.4 Å². The summed E-state index contributed by atoms with van der Waals surface area (Å²) in [4.78, 5) is 17.4. The largest absolute Gasteiger partial charge is 0.493 e. The van der Waals surface area contributed by atoms with Crippen LogP contribution in [-0.4, -0.2) is 48.3 Å². The number of benzene rings is 1. The number of nitrogens with zero attached hydrogens (tertiary/aromatic N) is 4. The Kier molecular flexibility index (Phi) is 5.12. The minimum atomic E-state index is -3.67. The Bertz CT molecular complexity index is 1300. The maximum atomic E-state index is 12.8. The maximum Gasteiger partial charge on any atom is 0.234 e. The van der Waals surface area contributed by atoms with E-state index in [-0.39, 0.29) is 18.2 Å². The molecule has 1 amide bonds. The molecule has 0 unspecified atom stereocenters. The topological polar surface area (TPSA) is 152 Å². The molecular weight excluding hydrogens is 420 g/mol. The van der Waals surface area contributed by atoms with Crippen LogP contribution >= 0.6 is 0 Å². The Morgan fingerprint density at radius 2 is 2.00 bits per heavy atom. The van der Waals surface area contributed by atoms with Gasteiger partial charge in [0.05, 0.1) is 30.2 Å². The highest BCUT2D eigenvalue weighted by Gasteiger charge is 2.54. The van der Waals surface area contributed by atoms with Gasteiger partial charge in [-0.3, -0.25) is 4.79 Å². The predicted octanol–water partition coefficient (Wildman–Crippen LogP) is 0.713. The van der Waals surface area contributed by atoms with Crippen molar-refractivity contribution in [3.63, 3.8) is 0 Å². The second kappa shape index (κ2) is 7.64. The van der Waals surface area contributed by atoms with Crippen molar-refractivity contribution < 1.29 is 17.9 Å². The van der Waals surface area contributed by atoms with Gasteiger partial charge in [-0.1, -0.05) is 12.1 Å². The number of sulfonamides is 1. The van der Waals surface area contributed by atoms with E-state index in [4.69, 9.17) is 15.1 Å². The molecular formula is C20H20N6O4S. The molecule has 0 radical (unpaired) electrons. The lowest BCUT2D eigenvalue weighted by molar-refractivity contribution is -0.123. The Morgan fingerprint density at radius 1 is 1.29 bits per heavy atom. The van der Waals surface area contributed by atoms with Gasteiger partial charge in [0.15, 0.2) is 17.2 Å². The number of amides is 1. The lowest BCUT2D eigenvalue weighted by atomic mass is 10.1. The average Bonchev–Trinajstić information content (AvgIpc) is 3.44. The van der Waals surface area contributed by atoms with Crippen molar-refractivity contribution in [2.75, 3.05) is 19.4 Å². The molecule has 11 heteroatoms. The smallest absolute Gasteiger partial charge is 0.234 e. The number of aromatic nitrogens is 3. The minimum absolute atomic E-state index is 0.0768. The Hall–Kier alpha value is -3.49. The number of pyridine rings is 1. The van der Waals surface area contributed by atoms with Gasteiger partial charge in [-0.15, -0.1) is 5.10 Å². The molecule has 0 aliphatic heterocycles. The van der Waals surface area contributed by atoms with E-state index in [0.29, 0.717) is 35.6 Å². The number of nitriles is 1. The highest BCUT2D eigenvalue weighted by atomic mass is 32.2. The summed E-state index contributed by atoms with van der Waals surface area (Å²) in [6.45, 7) is -0.0768. The quantitative estimate of drug-likeness (QED) is 0.549. The number of methoxy groups -OCH3 is 1. The van der Waals surface area contributed by atoms with Crippen molar-refractivity contribution in [2.24, 2.45) is 5.14 Å². The fourth-order valence-corrected chi connectivity index (χ4v) is 3.78. The SMILES string of the molecule is COc1ccc(-c2ccc(C#N)cc2)n2nc(C3(C(=O)NCCS(N)(=O)=O)CC3)nc12. The molecule has 0 saturated heterocycles. The molecule has 10 nitrogen and oxygen atoms in total. The maximum absolute atomic E-state index is 12.8. The van der Waals surface area contributed by atoms with E-state index in [1.165, 1.54) is 7.11 Å². The van der Waals surface area contributed by atoms with E-state index in [1.807, 2.05) is 18.2 Å². The minimum Gasteiger partial charge on any atom is -0.493 e. The molecule has 2 heterocycles. The van der Waals surface area contributed by atoms with Crippen molar-refractivity contribution in [3.8, 4) is 23.1 Å². The third kappa shape index (κ3) is 3.95.